The van der Waals surface area contributed by atoms with E-state index in [1.54, 1.807) is 48.8 Å². The van der Waals surface area contributed by atoms with Gasteiger partial charge in [-0.25, -0.2) is 0 Å². The molecule has 0 radical (unpaired) electrons. The van der Waals surface area contributed by atoms with Crippen molar-refractivity contribution in [3.05, 3.63) is 64.9 Å². The number of amides is 3. The zero-order chi connectivity index (χ0) is 19.9. The fraction of sp³-hybridized carbons (Fsp3) is 0.263. The maximum Gasteiger partial charge on any atom is 0.309 e. The van der Waals surface area contributed by atoms with E-state index in [2.05, 4.69) is 15.6 Å². The summed E-state index contributed by atoms with van der Waals surface area (Å²) in [6.07, 6.45) is 2.57. The van der Waals surface area contributed by atoms with Crippen molar-refractivity contribution < 1.29 is 19.1 Å². The minimum atomic E-state index is -0.788. The van der Waals surface area contributed by atoms with E-state index in [-0.39, 0.29) is 19.0 Å². The molecule has 0 saturated carbocycles. The summed E-state index contributed by atoms with van der Waals surface area (Å²) in [5, 5.41) is 5.57. The molecule has 8 nitrogen and oxygen atoms in total. The summed E-state index contributed by atoms with van der Waals surface area (Å²) in [5.74, 6) is -1.77. The third kappa shape index (κ3) is 5.05. The maximum atomic E-state index is 12.6. The Morgan fingerprint density at radius 3 is 2.46 bits per heavy atom. The number of nitrogens with one attached hydrogen (secondary N) is 2. The van der Waals surface area contributed by atoms with Crippen molar-refractivity contribution >= 4 is 29.3 Å². The molecule has 28 heavy (non-hydrogen) atoms. The summed E-state index contributed by atoms with van der Waals surface area (Å²) in [6.45, 7) is 0.987. The van der Waals surface area contributed by atoms with Gasteiger partial charge in [-0.15, -0.1) is 0 Å². The molecular formula is C19H19ClN4O4. The lowest BCUT2D eigenvalue weighted by Gasteiger charge is -2.23. The molecule has 2 aromatic rings. The van der Waals surface area contributed by atoms with Gasteiger partial charge in [0.1, 0.15) is 6.23 Å². The van der Waals surface area contributed by atoms with Crippen molar-refractivity contribution in [3.8, 4) is 0 Å². The average Bonchev–Trinajstić information content (AvgIpc) is 3.19. The molecule has 0 spiro atoms. The summed E-state index contributed by atoms with van der Waals surface area (Å²) >= 11 is 5.85. The Bertz CT molecular complexity index is 845. The van der Waals surface area contributed by atoms with Gasteiger partial charge in [0, 0.05) is 36.1 Å². The van der Waals surface area contributed by atoms with Crippen LogP contribution in [0.5, 0.6) is 0 Å². The lowest BCUT2D eigenvalue weighted by atomic mass is 10.2. The number of rotatable bonds is 5. The van der Waals surface area contributed by atoms with Gasteiger partial charge >= 0.3 is 11.8 Å². The smallest absolute Gasteiger partial charge is 0.309 e. The van der Waals surface area contributed by atoms with Crippen LogP contribution in [0.4, 0.5) is 0 Å². The third-order valence-corrected chi connectivity index (χ3v) is 4.44. The van der Waals surface area contributed by atoms with Crippen LogP contribution in [0.3, 0.4) is 0 Å². The number of aromatic nitrogens is 1. The van der Waals surface area contributed by atoms with Gasteiger partial charge in [0.2, 0.25) is 0 Å². The minimum Gasteiger partial charge on any atom is -0.355 e. The summed E-state index contributed by atoms with van der Waals surface area (Å²) in [4.78, 5) is 41.9. The van der Waals surface area contributed by atoms with Crippen LogP contribution in [0, 0.1) is 0 Å². The fourth-order valence-electron chi connectivity index (χ4n) is 2.70. The van der Waals surface area contributed by atoms with Crippen molar-refractivity contribution in [2.75, 3.05) is 19.7 Å². The van der Waals surface area contributed by atoms with E-state index >= 15 is 0 Å². The summed E-state index contributed by atoms with van der Waals surface area (Å²) < 4.78 is 5.52. The van der Waals surface area contributed by atoms with E-state index in [1.807, 2.05) is 0 Å². The van der Waals surface area contributed by atoms with Gasteiger partial charge < -0.3 is 20.3 Å². The number of hydrogen-bond donors (Lipinski definition) is 2. The quantitative estimate of drug-likeness (QED) is 0.726. The van der Waals surface area contributed by atoms with E-state index < -0.39 is 18.0 Å². The van der Waals surface area contributed by atoms with Crippen molar-refractivity contribution in [2.24, 2.45) is 0 Å². The van der Waals surface area contributed by atoms with Crippen LogP contribution in [0.25, 0.3) is 0 Å². The number of hydrogen-bond acceptors (Lipinski definition) is 5. The van der Waals surface area contributed by atoms with Crippen molar-refractivity contribution in [1.29, 1.82) is 0 Å². The second-order valence-corrected chi connectivity index (χ2v) is 6.52. The Morgan fingerprint density at radius 1 is 1.07 bits per heavy atom. The van der Waals surface area contributed by atoms with Gasteiger partial charge in [-0.1, -0.05) is 11.6 Å². The number of nitrogens with zero attached hydrogens (tertiary/aromatic N) is 2. The van der Waals surface area contributed by atoms with E-state index in [1.165, 1.54) is 4.90 Å². The molecule has 3 amide bonds. The third-order valence-electron chi connectivity index (χ3n) is 4.19. The molecule has 1 aromatic heterocycles. The van der Waals surface area contributed by atoms with Gasteiger partial charge in [0.15, 0.2) is 0 Å². The first kappa shape index (κ1) is 19.8. The summed E-state index contributed by atoms with van der Waals surface area (Å²) in [5.41, 5.74) is 1.30. The average molecular weight is 403 g/mol. The fourth-order valence-corrected chi connectivity index (χ4v) is 2.83. The molecule has 1 saturated heterocycles. The first-order chi connectivity index (χ1) is 13.5. The highest BCUT2D eigenvalue weighted by molar-refractivity contribution is 6.35. The van der Waals surface area contributed by atoms with Crippen LogP contribution in [-0.2, 0) is 20.9 Å². The first-order valence-electron chi connectivity index (χ1n) is 8.67. The summed E-state index contributed by atoms with van der Waals surface area (Å²) in [6, 6.07) is 10.0. The highest BCUT2D eigenvalue weighted by atomic mass is 35.5. The molecule has 1 aromatic carbocycles. The minimum absolute atomic E-state index is 0.0147. The van der Waals surface area contributed by atoms with Gasteiger partial charge in [-0.2, -0.15) is 0 Å². The van der Waals surface area contributed by atoms with E-state index in [0.29, 0.717) is 23.7 Å². The number of carbonyl (C=O) groups excluding carboxylic acids is 3. The van der Waals surface area contributed by atoms with E-state index in [0.717, 1.165) is 5.56 Å². The van der Waals surface area contributed by atoms with E-state index in [4.69, 9.17) is 16.3 Å². The number of pyridine rings is 1. The first-order valence-corrected chi connectivity index (χ1v) is 9.05. The zero-order valence-corrected chi connectivity index (χ0v) is 15.7. The monoisotopic (exact) mass is 402 g/mol. The largest absolute Gasteiger partial charge is 0.355 e. The van der Waals surface area contributed by atoms with Crippen molar-refractivity contribution in [3.63, 3.8) is 0 Å². The number of halogens is 1. The lowest BCUT2D eigenvalue weighted by molar-refractivity contribution is -0.139. The number of benzene rings is 1. The molecule has 1 aliphatic rings. The van der Waals surface area contributed by atoms with Gasteiger partial charge in [-0.3, -0.25) is 19.4 Å². The molecule has 0 bridgehead atoms. The van der Waals surface area contributed by atoms with Crippen molar-refractivity contribution in [1.82, 2.24) is 20.5 Å². The predicted molar refractivity (Wildman–Crippen MR) is 101 cm³/mol. The Kier molecular flexibility index (Phi) is 6.57. The Labute approximate surface area is 166 Å². The lowest BCUT2D eigenvalue weighted by Crippen LogP contribution is -2.47. The Hall–Kier alpha value is -2.97. The Morgan fingerprint density at radius 2 is 1.75 bits per heavy atom. The molecule has 2 N–H and O–H groups in total. The predicted octanol–water partition coefficient (Wildman–Crippen LogP) is 0.966. The highest BCUT2D eigenvalue weighted by Gasteiger charge is 2.31. The van der Waals surface area contributed by atoms with Gasteiger partial charge in [-0.05, 0) is 42.0 Å². The zero-order valence-electron chi connectivity index (χ0n) is 14.9. The molecule has 3 rings (SSSR count). The second-order valence-electron chi connectivity index (χ2n) is 6.08. The van der Waals surface area contributed by atoms with Crippen LogP contribution in [0.2, 0.25) is 5.02 Å². The topological polar surface area (TPSA) is 101 Å². The molecule has 0 aliphatic carbocycles. The SMILES string of the molecule is O=C(NCc1ccncc1)C(=O)NC[C@@H]1OCCN1C(=O)c1ccc(Cl)cc1. The highest BCUT2D eigenvalue weighted by Crippen LogP contribution is 2.16. The van der Waals surface area contributed by atoms with Crippen molar-refractivity contribution in [2.45, 2.75) is 12.8 Å². The van der Waals surface area contributed by atoms with E-state index in [9.17, 15) is 14.4 Å². The van der Waals surface area contributed by atoms with Crippen LogP contribution < -0.4 is 10.6 Å². The normalized spacial score (nSPS) is 15.9. The molecule has 146 valence electrons. The van der Waals surface area contributed by atoms with Crippen LogP contribution in [-0.4, -0.2) is 53.5 Å². The van der Waals surface area contributed by atoms with Crippen LogP contribution >= 0.6 is 11.6 Å². The molecule has 2 heterocycles. The Balaban J connectivity index is 1.49. The molecule has 1 aliphatic heterocycles. The number of ether oxygens (including phenoxy) is 1. The van der Waals surface area contributed by atoms with Gasteiger partial charge in [0.05, 0.1) is 13.2 Å². The maximum absolute atomic E-state index is 12.6. The molecule has 0 unspecified atom stereocenters. The molecular weight excluding hydrogens is 384 g/mol. The molecule has 1 atom stereocenters. The second kappa shape index (κ2) is 9.29. The van der Waals surface area contributed by atoms with Crippen LogP contribution in [0.1, 0.15) is 15.9 Å². The standard InChI is InChI=1S/C19H19ClN4O4/c20-15-3-1-14(2-4-15)19(27)24-9-10-28-16(24)12-23-18(26)17(25)22-11-13-5-7-21-8-6-13/h1-8,16H,9-12H2,(H,22,25)(H,23,26)/t16-/m0/s1. The van der Waals surface area contributed by atoms with Gasteiger partial charge in [0.25, 0.3) is 5.91 Å². The summed E-state index contributed by atoms with van der Waals surface area (Å²) in [7, 11) is 0. The molecule has 9 heteroatoms. The molecule has 1 fully saturated rings. The number of carbonyl (C=O) groups is 3. The van der Waals surface area contributed by atoms with Crippen LogP contribution in [0.15, 0.2) is 48.8 Å².